The van der Waals surface area contributed by atoms with Crippen LogP contribution < -0.4 is 15.4 Å². The number of benzene rings is 1. The van der Waals surface area contributed by atoms with Gasteiger partial charge >= 0.3 is 6.09 Å². The number of piperidine rings is 1. The first-order valence-electron chi connectivity index (χ1n) is 9.42. The molecule has 0 aliphatic carbocycles. The van der Waals surface area contributed by atoms with Crippen molar-refractivity contribution in [3.8, 4) is 5.75 Å². The van der Waals surface area contributed by atoms with Gasteiger partial charge in [0, 0.05) is 6.54 Å². The Kier molecular flexibility index (Phi) is 7.72. The molecule has 1 atom stereocenters. The third kappa shape index (κ3) is 7.62. The molecule has 26 heavy (non-hydrogen) atoms. The molecule has 1 unspecified atom stereocenters. The van der Waals surface area contributed by atoms with Crippen molar-refractivity contribution < 1.29 is 19.4 Å². The zero-order chi connectivity index (χ0) is 19.0. The average Bonchev–Trinajstić information content (AvgIpc) is 2.59. The highest BCUT2D eigenvalue weighted by molar-refractivity contribution is 5.67. The van der Waals surface area contributed by atoms with Gasteiger partial charge in [-0.25, -0.2) is 4.79 Å². The van der Waals surface area contributed by atoms with E-state index in [4.69, 9.17) is 9.47 Å². The summed E-state index contributed by atoms with van der Waals surface area (Å²) >= 11 is 0. The Labute approximate surface area is 156 Å². The summed E-state index contributed by atoms with van der Waals surface area (Å²) in [6.45, 7) is 8.61. The molecule has 1 amide bonds. The van der Waals surface area contributed by atoms with Crippen molar-refractivity contribution >= 4 is 6.09 Å². The summed E-state index contributed by atoms with van der Waals surface area (Å²) in [6.07, 6.45) is 1.56. The van der Waals surface area contributed by atoms with Crippen LogP contribution in [0.15, 0.2) is 24.3 Å². The fourth-order valence-electron chi connectivity index (χ4n) is 2.87. The Balaban J connectivity index is 1.76. The molecule has 0 radical (unpaired) electrons. The number of nitrogens with one attached hydrogen (secondary N) is 2. The second-order valence-corrected chi connectivity index (χ2v) is 7.81. The summed E-state index contributed by atoms with van der Waals surface area (Å²) in [7, 11) is 0. The van der Waals surface area contributed by atoms with Crippen molar-refractivity contribution in [3.63, 3.8) is 0 Å². The largest absolute Gasteiger partial charge is 0.493 e. The normalized spacial score (nSPS) is 16.8. The third-order valence-corrected chi connectivity index (χ3v) is 4.27. The quantitative estimate of drug-likeness (QED) is 0.693. The van der Waals surface area contributed by atoms with Gasteiger partial charge in [-0.05, 0) is 76.7 Å². The van der Waals surface area contributed by atoms with Crippen LogP contribution in [0.1, 0.15) is 51.7 Å². The first-order chi connectivity index (χ1) is 12.3. The van der Waals surface area contributed by atoms with Crippen molar-refractivity contribution in [2.75, 3.05) is 26.2 Å². The van der Waals surface area contributed by atoms with E-state index in [1.807, 2.05) is 45.0 Å². The molecule has 0 bridgehead atoms. The number of hydrogen-bond donors (Lipinski definition) is 3. The molecule has 146 valence electrons. The summed E-state index contributed by atoms with van der Waals surface area (Å²) in [4.78, 5) is 11.6. The first kappa shape index (κ1) is 20.5. The molecule has 1 aromatic rings. The van der Waals surface area contributed by atoms with E-state index < -0.39 is 17.8 Å². The van der Waals surface area contributed by atoms with Gasteiger partial charge in [-0.15, -0.1) is 0 Å². The Morgan fingerprint density at radius 1 is 1.35 bits per heavy atom. The Morgan fingerprint density at radius 2 is 2.08 bits per heavy atom. The lowest BCUT2D eigenvalue weighted by molar-refractivity contribution is 0.0518. The van der Waals surface area contributed by atoms with Crippen molar-refractivity contribution in [1.82, 2.24) is 10.6 Å². The van der Waals surface area contributed by atoms with Gasteiger partial charge in [0.1, 0.15) is 11.4 Å². The highest BCUT2D eigenvalue weighted by Gasteiger charge is 2.17. The van der Waals surface area contributed by atoms with Gasteiger partial charge in [0.2, 0.25) is 0 Å². The Hall–Kier alpha value is -1.79. The maximum Gasteiger partial charge on any atom is 0.407 e. The van der Waals surface area contributed by atoms with Crippen LogP contribution in [0.5, 0.6) is 5.75 Å². The second-order valence-electron chi connectivity index (χ2n) is 7.81. The molecule has 0 spiro atoms. The molecule has 0 aromatic heterocycles. The molecule has 1 heterocycles. The van der Waals surface area contributed by atoms with E-state index in [2.05, 4.69) is 10.6 Å². The van der Waals surface area contributed by atoms with Gasteiger partial charge in [0.15, 0.2) is 0 Å². The monoisotopic (exact) mass is 364 g/mol. The number of aliphatic hydroxyl groups is 1. The number of rotatable bonds is 7. The summed E-state index contributed by atoms with van der Waals surface area (Å²) in [6, 6.07) is 7.54. The number of amides is 1. The molecule has 2 rings (SSSR count). The summed E-state index contributed by atoms with van der Waals surface area (Å²) in [5, 5.41) is 16.4. The first-order valence-corrected chi connectivity index (χ1v) is 9.42. The maximum atomic E-state index is 11.6. The van der Waals surface area contributed by atoms with Crippen molar-refractivity contribution in [3.05, 3.63) is 29.8 Å². The van der Waals surface area contributed by atoms with Crippen LogP contribution in [0.25, 0.3) is 0 Å². The SMILES string of the molecule is CC(C)(C)OC(=O)NCCC(O)c1cccc(OCC2CCNCC2)c1. The molecule has 1 aromatic carbocycles. The van der Waals surface area contributed by atoms with Crippen molar-refractivity contribution in [2.24, 2.45) is 5.92 Å². The van der Waals surface area contributed by atoms with Gasteiger partial charge in [-0.1, -0.05) is 12.1 Å². The van der Waals surface area contributed by atoms with E-state index in [0.29, 0.717) is 25.5 Å². The Bertz CT molecular complexity index is 565. The predicted molar refractivity (Wildman–Crippen MR) is 101 cm³/mol. The number of ether oxygens (including phenoxy) is 2. The fourth-order valence-corrected chi connectivity index (χ4v) is 2.87. The van der Waals surface area contributed by atoms with Crippen LogP contribution in [0.2, 0.25) is 0 Å². The van der Waals surface area contributed by atoms with Crippen LogP contribution in [0.3, 0.4) is 0 Å². The minimum Gasteiger partial charge on any atom is -0.493 e. The Morgan fingerprint density at radius 3 is 2.77 bits per heavy atom. The molecule has 1 aliphatic rings. The average molecular weight is 364 g/mol. The molecular weight excluding hydrogens is 332 g/mol. The van der Waals surface area contributed by atoms with Crippen molar-refractivity contribution in [1.29, 1.82) is 0 Å². The number of hydrogen-bond acceptors (Lipinski definition) is 5. The summed E-state index contributed by atoms with van der Waals surface area (Å²) in [5.41, 5.74) is 0.266. The van der Waals surface area contributed by atoms with E-state index in [0.717, 1.165) is 37.2 Å². The third-order valence-electron chi connectivity index (χ3n) is 4.27. The fraction of sp³-hybridized carbons (Fsp3) is 0.650. The standard InChI is InChI=1S/C20H32N2O4/c1-20(2,3)26-19(24)22-12-9-18(23)16-5-4-6-17(13-16)25-14-15-7-10-21-11-8-15/h4-6,13,15,18,21,23H,7-12,14H2,1-3H3,(H,22,24). The van der Waals surface area contributed by atoms with Crippen LogP contribution >= 0.6 is 0 Å². The van der Waals surface area contributed by atoms with Crippen LogP contribution in [0, 0.1) is 5.92 Å². The van der Waals surface area contributed by atoms with E-state index >= 15 is 0 Å². The second kappa shape index (κ2) is 9.78. The lowest BCUT2D eigenvalue weighted by atomic mass is 9.99. The predicted octanol–water partition coefficient (Wildman–Crippen LogP) is 3.01. The number of carbonyl (C=O) groups excluding carboxylic acids is 1. The molecule has 1 saturated heterocycles. The zero-order valence-electron chi connectivity index (χ0n) is 16.1. The molecular formula is C20H32N2O4. The molecule has 3 N–H and O–H groups in total. The van der Waals surface area contributed by atoms with Crippen LogP contribution in [0.4, 0.5) is 4.79 Å². The van der Waals surface area contributed by atoms with Gasteiger partial charge < -0.3 is 25.2 Å². The number of alkyl carbamates (subject to hydrolysis) is 1. The molecule has 1 fully saturated rings. The number of aliphatic hydroxyl groups excluding tert-OH is 1. The molecule has 6 nitrogen and oxygen atoms in total. The van der Waals surface area contributed by atoms with Crippen molar-refractivity contribution in [2.45, 2.75) is 51.7 Å². The van der Waals surface area contributed by atoms with Crippen LogP contribution in [-0.4, -0.2) is 43.0 Å². The lowest BCUT2D eigenvalue weighted by Gasteiger charge is -2.23. The van der Waals surface area contributed by atoms with Gasteiger partial charge in [-0.3, -0.25) is 0 Å². The lowest BCUT2D eigenvalue weighted by Crippen LogP contribution is -2.33. The van der Waals surface area contributed by atoms with Gasteiger partial charge in [0.25, 0.3) is 0 Å². The molecule has 1 aliphatic heterocycles. The molecule has 6 heteroatoms. The van der Waals surface area contributed by atoms with E-state index in [1.165, 1.54) is 0 Å². The number of carbonyl (C=O) groups is 1. The zero-order valence-corrected chi connectivity index (χ0v) is 16.1. The molecule has 0 saturated carbocycles. The van der Waals surface area contributed by atoms with Gasteiger partial charge in [0.05, 0.1) is 12.7 Å². The smallest absolute Gasteiger partial charge is 0.407 e. The van der Waals surface area contributed by atoms with E-state index in [9.17, 15) is 9.90 Å². The van der Waals surface area contributed by atoms with E-state index in [1.54, 1.807) is 0 Å². The summed E-state index contributed by atoms with van der Waals surface area (Å²) in [5.74, 6) is 1.36. The highest BCUT2D eigenvalue weighted by Crippen LogP contribution is 2.22. The van der Waals surface area contributed by atoms with E-state index in [-0.39, 0.29) is 0 Å². The summed E-state index contributed by atoms with van der Waals surface area (Å²) < 4.78 is 11.1. The maximum absolute atomic E-state index is 11.6. The van der Waals surface area contributed by atoms with Crippen LogP contribution in [-0.2, 0) is 4.74 Å². The minimum absolute atomic E-state index is 0.343. The van der Waals surface area contributed by atoms with Gasteiger partial charge in [-0.2, -0.15) is 0 Å². The topological polar surface area (TPSA) is 79.8 Å². The minimum atomic E-state index is -0.660. The highest BCUT2D eigenvalue weighted by atomic mass is 16.6.